The average molecular weight is 317 g/mol. The van der Waals surface area contributed by atoms with Crippen molar-refractivity contribution in [1.82, 2.24) is 9.97 Å². The molecule has 0 fully saturated rings. The molecule has 0 atom stereocenters. The highest BCUT2D eigenvalue weighted by atomic mass is 16.5. The Hall–Kier alpha value is -2.04. The molecule has 2 aromatic rings. The third-order valence-corrected chi connectivity index (χ3v) is 3.80. The van der Waals surface area contributed by atoms with Gasteiger partial charge in [-0.2, -0.15) is 0 Å². The summed E-state index contributed by atoms with van der Waals surface area (Å²) in [6.07, 6.45) is 1.88. The summed E-state index contributed by atoms with van der Waals surface area (Å²) in [5.41, 5.74) is 3.23. The number of ether oxygens (including phenoxy) is 1. The van der Waals surface area contributed by atoms with Gasteiger partial charge in [0.05, 0.1) is 17.1 Å². The number of nitrogens with one attached hydrogen (secondary N) is 1. The van der Waals surface area contributed by atoms with Crippen LogP contribution in [0.2, 0.25) is 0 Å². The first-order valence-corrected chi connectivity index (χ1v) is 8.46. The Balaban J connectivity index is 1.99. The molecule has 0 spiro atoms. The van der Waals surface area contributed by atoms with Crippen molar-refractivity contribution in [3.05, 3.63) is 24.0 Å². The lowest BCUT2D eigenvalue weighted by atomic mass is 10.2. The van der Waals surface area contributed by atoms with Gasteiger partial charge in [0.25, 0.3) is 0 Å². The number of esters is 1. The molecule has 1 aromatic heterocycles. The second-order valence-electron chi connectivity index (χ2n) is 5.95. The maximum absolute atomic E-state index is 11.5. The van der Waals surface area contributed by atoms with Crippen LogP contribution in [0.25, 0.3) is 11.0 Å². The predicted octanol–water partition coefficient (Wildman–Crippen LogP) is 3.68. The standard InChI is InChI=1S/C18H27N3O2/c1-5-21(6-2)14-10-11-15-16(12-14)20-17(19-15)8-7-9-18(22)23-13(3)4/h10-13H,5-9H2,1-4H3,(H,19,20). The van der Waals surface area contributed by atoms with E-state index in [1.54, 1.807) is 0 Å². The van der Waals surface area contributed by atoms with Gasteiger partial charge in [-0.1, -0.05) is 0 Å². The zero-order valence-corrected chi connectivity index (χ0v) is 14.6. The van der Waals surface area contributed by atoms with Gasteiger partial charge in [0.15, 0.2) is 0 Å². The van der Waals surface area contributed by atoms with E-state index < -0.39 is 0 Å². The average Bonchev–Trinajstić information content (AvgIpc) is 2.89. The third kappa shape index (κ3) is 4.71. The summed E-state index contributed by atoms with van der Waals surface area (Å²) in [5, 5.41) is 0. The van der Waals surface area contributed by atoms with Crippen LogP contribution < -0.4 is 4.90 Å². The van der Waals surface area contributed by atoms with E-state index in [0.29, 0.717) is 6.42 Å². The first-order chi connectivity index (χ1) is 11.0. The zero-order chi connectivity index (χ0) is 16.8. The highest BCUT2D eigenvalue weighted by molar-refractivity contribution is 5.79. The van der Waals surface area contributed by atoms with Crippen LogP contribution in [0.4, 0.5) is 5.69 Å². The summed E-state index contributed by atoms with van der Waals surface area (Å²) in [6, 6.07) is 6.31. The van der Waals surface area contributed by atoms with E-state index in [-0.39, 0.29) is 12.1 Å². The number of fused-ring (bicyclic) bond motifs is 1. The minimum atomic E-state index is -0.139. The molecule has 5 heteroatoms. The number of imidazole rings is 1. The fourth-order valence-corrected chi connectivity index (χ4v) is 2.68. The molecule has 23 heavy (non-hydrogen) atoms. The molecule has 0 amide bonds. The van der Waals surface area contributed by atoms with Crippen molar-refractivity contribution in [1.29, 1.82) is 0 Å². The molecule has 0 bridgehead atoms. The van der Waals surface area contributed by atoms with E-state index >= 15 is 0 Å². The van der Waals surface area contributed by atoms with Gasteiger partial charge in [0.1, 0.15) is 5.82 Å². The van der Waals surface area contributed by atoms with Gasteiger partial charge < -0.3 is 14.6 Å². The number of nitrogens with zero attached hydrogens (tertiary/aromatic N) is 2. The van der Waals surface area contributed by atoms with E-state index in [2.05, 4.69) is 46.9 Å². The van der Waals surface area contributed by atoms with Gasteiger partial charge in [-0.05, 0) is 52.3 Å². The van der Waals surface area contributed by atoms with Gasteiger partial charge in [0, 0.05) is 31.6 Å². The summed E-state index contributed by atoms with van der Waals surface area (Å²) in [7, 11) is 0. The lowest BCUT2D eigenvalue weighted by Crippen LogP contribution is -2.21. The first-order valence-electron chi connectivity index (χ1n) is 8.46. The lowest BCUT2D eigenvalue weighted by molar-refractivity contribution is -0.147. The topological polar surface area (TPSA) is 58.2 Å². The van der Waals surface area contributed by atoms with Crippen molar-refractivity contribution in [2.75, 3.05) is 18.0 Å². The Kier molecular flexibility index (Phi) is 6.02. The fraction of sp³-hybridized carbons (Fsp3) is 0.556. The van der Waals surface area contributed by atoms with Crippen LogP contribution in [0.3, 0.4) is 0 Å². The number of rotatable bonds is 8. The van der Waals surface area contributed by atoms with Crippen LogP contribution in [0.1, 0.15) is 46.4 Å². The van der Waals surface area contributed by atoms with E-state index in [4.69, 9.17) is 4.74 Å². The summed E-state index contributed by atoms with van der Waals surface area (Å²) in [4.78, 5) is 21.8. The predicted molar refractivity (Wildman–Crippen MR) is 93.8 cm³/mol. The second-order valence-corrected chi connectivity index (χ2v) is 5.95. The molecular formula is C18H27N3O2. The molecule has 1 heterocycles. The van der Waals surface area contributed by atoms with Crippen molar-refractivity contribution in [2.24, 2.45) is 0 Å². The first kappa shape index (κ1) is 17.3. The largest absolute Gasteiger partial charge is 0.463 e. The number of hydrogen-bond donors (Lipinski definition) is 1. The molecule has 0 saturated carbocycles. The molecular weight excluding hydrogens is 290 g/mol. The minimum absolute atomic E-state index is 0.0489. The molecule has 126 valence electrons. The highest BCUT2D eigenvalue weighted by Gasteiger charge is 2.09. The number of carbonyl (C=O) groups is 1. The van der Waals surface area contributed by atoms with Gasteiger partial charge in [-0.15, -0.1) is 0 Å². The normalized spacial score (nSPS) is 11.2. The molecule has 0 aliphatic rings. The number of anilines is 1. The van der Waals surface area contributed by atoms with E-state index in [1.807, 2.05) is 13.8 Å². The molecule has 2 rings (SSSR count). The molecule has 0 unspecified atom stereocenters. The lowest BCUT2D eigenvalue weighted by Gasteiger charge is -2.20. The van der Waals surface area contributed by atoms with Gasteiger partial charge >= 0.3 is 5.97 Å². The monoisotopic (exact) mass is 317 g/mol. The Labute approximate surface area is 138 Å². The number of aryl methyl sites for hydroxylation is 1. The second kappa shape index (κ2) is 7.99. The smallest absolute Gasteiger partial charge is 0.306 e. The quantitative estimate of drug-likeness (QED) is 0.755. The zero-order valence-electron chi connectivity index (χ0n) is 14.6. The van der Waals surface area contributed by atoms with Gasteiger partial charge in [-0.3, -0.25) is 4.79 Å². The van der Waals surface area contributed by atoms with Gasteiger partial charge in [-0.25, -0.2) is 4.98 Å². The third-order valence-electron chi connectivity index (χ3n) is 3.80. The van der Waals surface area contributed by atoms with Crippen molar-refractivity contribution < 1.29 is 9.53 Å². The number of benzene rings is 1. The summed E-state index contributed by atoms with van der Waals surface area (Å²) >= 11 is 0. The Morgan fingerprint density at radius 2 is 2.04 bits per heavy atom. The van der Waals surface area contributed by atoms with Crippen LogP contribution in [0.15, 0.2) is 18.2 Å². The van der Waals surface area contributed by atoms with E-state index in [1.165, 1.54) is 5.69 Å². The minimum Gasteiger partial charge on any atom is -0.463 e. The number of aromatic amines is 1. The van der Waals surface area contributed by atoms with Gasteiger partial charge in [0.2, 0.25) is 0 Å². The van der Waals surface area contributed by atoms with Crippen molar-refractivity contribution in [3.8, 4) is 0 Å². The van der Waals surface area contributed by atoms with Crippen LogP contribution in [0.5, 0.6) is 0 Å². The highest BCUT2D eigenvalue weighted by Crippen LogP contribution is 2.21. The molecule has 0 aliphatic heterocycles. The summed E-state index contributed by atoms with van der Waals surface area (Å²) in [5.74, 6) is 0.786. The maximum atomic E-state index is 11.5. The van der Waals surface area contributed by atoms with Crippen molar-refractivity contribution >= 4 is 22.7 Å². The molecule has 0 aliphatic carbocycles. The van der Waals surface area contributed by atoms with Crippen LogP contribution in [-0.2, 0) is 16.0 Å². The number of hydrogen-bond acceptors (Lipinski definition) is 4. The van der Waals surface area contributed by atoms with Crippen LogP contribution >= 0.6 is 0 Å². The fourth-order valence-electron chi connectivity index (χ4n) is 2.68. The SMILES string of the molecule is CCN(CC)c1ccc2nc(CCCC(=O)OC(C)C)[nH]c2c1. The molecule has 1 aromatic carbocycles. The molecule has 5 nitrogen and oxygen atoms in total. The number of H-pyrrole nitrogens is 1. The van der Waals surface area contributed by atoms with E-state index in [9.17, 15) is 4.79 Å². The van der Waals surface area contributed by atoms with Crippen molar-refractivity contribution in [2.45, 2.75) is 53.1 Å². The Bertz CT molecular complexity index is 645. The van der Waals surface area contributed by atoms with E-state index in [0.717, 1.165) is 42.8 Å². The van der Waals surface area contributed by atoms with Crippen molar-refractivity contribution in [3.63, 3.8) is 0 Å². The summed E-state index contributed by atoms with van der Waals surface area (Å²) in [6.45, 7) is 10.0. The summed E-state index contributed by atoms with van der Waals surface area (Å²) < 4.78 is 5.14. The maximum Gasteiger partial charge on any atom is 0.306 e. The molecule has 0 radical (unpaired) electrons. The van der Waals surface area contributed by atoms with Crippen LogP contribution in [-0.4, -0.2) is 35.1 Å². The Morgan fingerprint density at radius 1 is 1.30 bits per heavy atom. The molecule has 0 saturated heterocycles. The van der Waals surface area contributed by atoms with Crippen LogP contribution in [0, 0.1) is 0 Å². The Morgan fingerprint density at radius 3 is 2.70 bits per heavy atom. The number of carbonyl (C=O) groups excluding carboxylic acids is 1. The molecule has 1 N–H and O–H groups in total. The number of aromatic nitrogens is 2.